The molecule has 1 N–H and O–H groups in total. The lowest BCUT2D eigenvalue weighted by Gasteiger charge is -2.53. The molecule has 0 radical (unpaired) electrons. The molecule has 0 heterocycles. The summed E-state index contributed by atoms with van der Waals surface area (Å²) in [4.78, 5) is 0. The molecule has 19 heavy (non-hydrogen) atoms. The third kappa shape index (κ3) is 2.94. The summed E-state index contributed by atoms with van der Waals surface area (Å²) in [6, 6.07) is 9.31. The van der Waals surface area contributed by atoms with Crippen LogP contribution in [-0.2, 0) is 0 Å². The van der Waals surface area contributed by atoms with Crippen molar-refractivity contribution in [3.05, 3.63) is 29.8 Å². The molecular formula is C17H27NO. The molecule has 0 aliphatic heterocycles. The second-order valence-electron chi connectivity index (χ2n) is 6.46. The van der Waals surface area contributed by atoms with E-state index in [2.05, 4.69) is 64.2 Å². The van der Waals surface area contributed by atoms with Crippen molar-refractivity contribution in [2.75, 3.05) is 6.54 Å². The summed E-state index contributed by atoms with van der Waals surface area (Å²) in [5, 5.41) is 3.58. The van der Waals surface area contributed by atoms with Crippen LogP contribution in [0.25, 0.3) is 0 Å². The van der Waals surface area contributed by atoms with Gasteiger partial charge in [-0.15, -0.1) is 0 Å². The summed E-state index contributed by atoms with van der Waals surface area (Å²) in [6.45, 7) is 12.1. The van der Waals surface area contributed by atoms with Gasteiger partial charge in [-0.1, -0.05) is 32.9 Å². The van der Waals surface area contributed by atoms with Crippen LogP contribution in [0.4, 0.5) is 0 Å². The van der Waals surface area contributed by atoms with Crippen LogP contribution >= 0.6 is 0 Å². The normalized spacial score (nSPS) is 25.2. The Bertz CT molecular complexity index is 408. The van der Waals surface area contributed by atoms with Gasteiger partial charge in [-0.3, -0.25) is 0 Å². The predicted molar refractivity (Wildman–Crippen MR) is 80.8 cm³/mol. The molecule has 0 spiro atoms. The molecule has 1 aliphatic rings. The average Bonchev–Trinajstić information content (AvgIpc) is 2.35. The fourth-order valence-electron chi connectivity index (χ4n) is 3.13. The minimum atomic E-state index is 0.240. The molecule has 1 fully saturated rings. The van der Waals surface area contributed by atoms with Gasteiger partial charge in [-0.05, 0) is 55.8 Å². The molecular weight excluding hydrogens is 234 g/mol. The smallest absolute Gasteiger partial charge is 0.119 e. The van der Waals surface area contributed by atoms with E-state index in [0.717, 1.165) is 12.3 Å². The van der Waals surface area contributed by atoms with Gasteiger partial charge in [0.05, 0.1) is 6.10 Å². The highest BCUT2D eigenvalue weighted by Gasteiger charge is 2.47. The van der Waals surface area contributed by atoms with Crippen molar-refractivity contribution >= 4 is 0 Å². The zero-order chi connectivity index (χ0) is 14.0. The molecule has 2 heteroatoms. The molecule has 1 aromatic carbocycles. The Morgan fingerprint density at radius 2 is 1.89 bits per heavy atom. The topological polar surface area (TPSA) is 21.3 Å². The van der Waals surface area contributed by atoms with E-state index in [1.165, 1.54) is 12.0 Å². The van der Waals surface area contributed by atoms with Crippen molar-refractivity contribution in [2.24, 2.45) is 5.41 Å². The predicted octanol–water partition coefficient (Wildman–Crippen LogP) is 3.97. The van der Waals surface area contributed by atoms with Crippen LogP contribution in [0.1, 0.15) is 52.5 Å². The summed E-state index contributed by atoms with van der Waals surface area (Å²) in [5.74, 6) is 1.63. The molecule has 2 unspecified atom stereocenters. The third-order valence-corrected chi connectivity index (χ3v) is 4.37. The Balaban J connectivity index is 2.04. The molecule has 1 aliphatic carbocycles. The summed E-state index contributed by atoms with van der Waals surface area (Å²) < 4.78 is 5.70. The largest absolute Gasteiger partial charge is 0.491 e. The van der Waals surface area contributed by atoms with Crippen LogP contribution in [-0.4, -0.2) is 18.7 Å². The first-order chi connectivity index (χ1) is 8.95. The maximum atomic E-state index is 5.70. The standard InChI is InChI=1S/C17H27NO/c1-6-18-16-11-15(17(16,4)5)13-7-9-14(10-8-13)19-12(2)3/h7-10,12,15-16,18H,6,11H2,1-5H3. The van der Waals surface area contributed by atoms with Gasteiger partial charge in [0.1, 0.15) is 5.75 Å². The van der Waals surface area contributed by atoms with Gasteiger partial charge in [0.25, 0.3) is 0 Å². The highest BCUT2D eigenvalue weighted by atomic mass is 16.5. The number of nitrogens with one attached hydrogen (secondary N) is 1. The molecule has 2 rings (SSSR count). The molecule has 1 aromatic rings. The SMILES string of the molecule is CCNC1CC(c2ccc(OC(C)C)cc2)C1(C)C. The lowest BCUT2D eigenvalue weighted by molar-refractivity contribution is 0.0706. The molecule has 2 nitrogen and oxygen atoms in total. The first-order valence-corrected chi connectivity index (χ1v) is 7.45. The molecule has 0 bridgehead atoms. The van der Waals surface area contributed by atoms with Gasteiger partial charge in [-0.25, -0.2) is 0 Å². The fourth-order valence-corrected chi connectivity index (χ4v) is 3.13. The molecule has 0 aromatic heterocycles. The zero-order valence-corrected chi connectivity index (χ0v) is 12.9. The van der Waals surface area contributed by atoms with E-state index in [1.807, 2.05) is 0 Å². The van der Waals surface area contributed by atoms with Gasteiger partial charge in [-0.2, -0.15) is 0 Å². The monoisotopic (exact) mass is 261 g/mol. The van der Waals surface area contributed by atoms with Crippen molar-refractivity contribution in [1.82, 2.24) is 5.32 Å². The van der Waals surface area contributed by atoms with E-state index < -0.39 is 0 Å². The number of ether oxygens (including phenoxy) is 1. The Morgan fingerprint density at radius 1 is 1.26 bits per heavy atom. The Kier molecular flexibility index (Phi) is 4.19. The van der Waals surface area contributed by atoms with Crippen LogP contribution in [0.15, 0.2) is 24.3 Å². The Morgan fingerprint density at radius 3 is 2.37 bits per heavy atom. The molecule has 2 atom stereocenters. The van der Waals surface area contributed by atoms with Gasteiger partial charge in [0, 0.05) is 6.04 Å². The summed E-state index contributed by atoms with van der Waals surface area (Å²) >= 11 is 0. The van der Waals surface area contributed by atoms with Gasteiger partial charge < -0.3 is 10.1 Å². The lowest BCUT2D eigenvalue weighted by atomic mass is 9.56. The number of benzene rings is 1. The van der Waals surface area contributed by atoms with Gasteiger partial charge in [0.2, 0.25) is 0 Å². The van der Waals surface area contributed by atoms with E-state index in [4.69, 9.17) is 4.74 Å². The minimum Gasteiger partial charge on any atom is -0.491 e. The highest BCUT2D eigenvalue weighted by Crippen LogP contribution is 2.52. The van der Waals surface area contributed by atoms with E-state index in [9.17, 15) is 0 Å². The van der Waals surface area contributed by atoms with Crippen LogP contribution in [0.3, 0.4) is 0 Å². The zero-order valence-electron chi connectivity index (χ0n) is 12.9. The maximum Gasteiger partial charge on any atom is 0.119 e. The van der Waals surface area contributed by atoms with Crippen LogP contribution < -0.4 is 10.1 Å². The van der Waals surface area contributed by atoms with Crippen molar-refractivity contribution in [2.45, 2.75) is 59.1 Å². The second-order valence-corrected chi connectivity index (χ2v) is 6.46. The number of hydrogen-bond donors (Lipinski definition) is 1. The lowest BCUT2D eigenvalue weighted by Crippen LogP contribution is -2.55. The summed E-state index contributed by atoms with van der Waals surface area (Å²) in [7, 11) is 0. The maximum absolute atomic E-state index is 5.70. The summed E-state index contributed by atoms with van der Waals surface area (Å²) in [5.41, 5.74) is 1.78. The Labute approximate surface area is 117 Å². The van der Waals surface area contributed by atoms with Crippen LogP contribution in [0.2, 0.25) is 0 Å². The quantitative estimate of drug-likeness (QED) is 0.866. The number of rotatable bonds is 5. The van der Waals surface area contributed by atoms with E-state index in [-0.39, 0.29) is 6.10 Å². The van der Waals surface area contributed by atoms with E-state index >= 15 is 0 Å². The molecule has 0 amide bonds. The second kappa shape index (κ2) is 5.54. The van der Waals surface area contributed by atoms with E-state index in [1.54, 1.807) is 0 Å². The molecule has 1 saturated carbocycles. The van der Waals surface area contributed by atoms with E-state index in [0.29, 0.717) is 17.4 Å². The van der Waals surface area contributed by atoms with Gasteiger partial charge >= 0.3 is 0 Å². The first kappa shape index (κ1) is 14.4. The molecule has 0 saturated heterocycles. The minimum absolute atomic E-state index is 0.240. The van der Waals surface area contributed by atoms with Crippen molar-refractivity contribution in [3.8, 4) is 5.75 Å². The Hall–Kier alpha value is -1.02. The average molecular weight is 261 g/mol. The van der Waals surface area contributed by atoms with Crippen LogP contribution in [0, 0.1) is 5.41 Å². The fraction of sp³-hybridized carbons (Fsp3) is 0.647. The first-order valence-electron chi connectivity index (χ1n) is 7.45. The highest BCUT2D eigenvalue weighted by molar-refractivity contribution is 5.33. The van der Waals surface area contributed by atoms with Gasteiger partial charge in [0.15, 0.2) is 0 Å². The van der Waals surface area contributed by atoms with Crippen molar-refractivity contribution in [1.29, 1.82) is 0 Å². The molecule has 106 valence electrons. The number of hydrogen-bond acceptors (Lipinski definition) is 2. The third-order valence-electron chi connectivity index (χ3n) is 4.37. The van der Waals surface area contributed by atoms with Crippen molar-refractivity contribution < 1.29 is 4.74 Å². The van der Waals surface area contributed by atoms with Crippen LogP contribution in [0.5, 0.6) is 5.75 Å². The van der Waals surface area contributed by atoms with Crippen molar-refractivity contribution in [3.63, 3.8) is 0 Å². The summed E-state index contributed by atoms with van der Waals surface area (Å²) in [6.07, 6.45) is 1.48.